The highest BCUT2D eigenvalue weighted by Crippen LogP contribution is 2.30. The number of anilines is 1. The molecule has 0 aromatic heterocycles. The summed E-state index contributed by atoms with van der Waals surface area (Å²) in [5, 5.41) is 3.27. The van der Waals surface area contributed by atoms with E-state index in [0.29, 0.717) is 19.4 Å². The van der Waals surface area contributed by atoms with E-state index in [-0.39, 0.29) is 28.2 Å². The average molecular weight is 529 g/mol. The Bertz CT molecular complexity index is 1080. The maximum Gasteiger partial charge on any atom is 0.244 e. The number of nitrogens with one attached hydrogen (secondary N) is 1. The van der Waals surface area contributed by atoms with Crippen LogP contribution in [0.1, 0.15) is 32.3 Å². The molecule has 10 heteroatoms. The molecule has 0 bridgehead atoms. The minimum absolute atomic E-state index is 0.108. The van der Waals surface area contributed by atoms with Gasteiger partial charge >= 0.3 is 0 Å². The number of hydrogen-bond donors (Lipinski definition) is 1. The molecular weight excluding hydrogens is 497 g/mol. The summed E-state index contributed by atoms with van der Waals surface area (Å²) in [5.41, 5.74) is 1.11. The third kappa shape index (κ3) is 7.89. The highest BCUT2D eigenvalue weighted by Gasteiger charge is 2.32. The summed E-state index contributed by atoms with van der Waals surface area (Å²) in [6.07, 6.45) is 2.65. The minimum Gasteiger partial charge on any atom is -0.354 e. The predicted molar refractivity (Wildman–Crippen MR) is 138 cm³/mol. The summed E-state index contributed by atoms with van der Waals surface area (Å²) >= 11 is 12.3. The molecule has 1 N–H and O–H groups in total. The zero-order valence-corrected chi connectivity index (χ0v) is 22.0. The zero-order valence-electron chi connectivity index (χ0n) is 19.6. The van der Waals surface area contributed by atoms with Crippen LogP contribution in [0.4, 0.5) is 5.69 Å². The molecule has 0 saturated carbocycles. The first-order valence-corrected chi connectivity index (χ1v) is 13.7. The second kappa shape index (κ2) is 13.0. The topological polar surface area (TPSA) is 86.8 Å². The molecule has 186 valence electrons. The molecule has 0 unspecified atom stereocenters. The standard InChI is InChI=1S/C24H31Cl2N3O4S/c1-4-14-27-24(31)21(5-2)28(15-13-18-9-7-6-8-10-18)23(30)17-29(34(3,32)33)22-16-19(25)11-12-20(22)26/h6-12,16,21H,4-5,13-15,17H2,1-3H3,(H,27,31)/t21-/m1/s1. The van der Waals surface area contributed by atoms with Crippen molar-refractivity contribution in [2.45, 2.75) is 39.2 Å². The van der Waals surface area contributed by atoms with E-state index in [1.165, 1.54) is 23.1 Å². The zero-order chi connectivity index (χ0) is 25.3. The quantitative estimate of drug-likeness (QED) is 0.449. The minimum atomic E-state index is -3.88. The molecule has 0 fully saturated rings. The number of carbonyl (C=O) groups excluding carboxylic acids is 2. The average Bonchev–Trinajstić information content (AvgIpc) is 2.80. The van der Waals surface area contributed by atoms with Crippen molar-refractivity contribution in [3.05, 3.63) is 64.1 Å². The molecule has 0 aliphatic rings. The van der Waals surface area contributed by atoms with Gasteiger partial charge in [0.05, 0.1) is 17.0 Å². The molecular formula is C24H31Cl2N3O4S. The van der Waals surface area contributed by atoms with E-state index in [9.17, 15) is 18.0 Å². The van der Waals surface area contributed by atoms with Gasteiger partial charge in [-0.15, -0.1) is 0 Å². The lowest BCUT2D eigenvalue weighted by Crippen LogP contribution is -2.53. The lowest BCUT2D eigenvalue weighted by Gasteiger charge is -2.33. The fourth-order valence-corrected chi connectivity index (χ4v) is 4.82. The van der Waals surface area contributed by atoms with Crippen LogP contribution in [0, 0.1) is 0 Å². The summed E-state index contributed by atoms with van der Waals surface area (Å²) in [6, 6.07) is 13.3. The van der Waals surface area contributed by atoms with Gasteiger partial charge < -0.3 is 10.2 Å². The molecule has 7 nitrogen and oxygen atoms in total. The van der Waals surface area contributed by atoms with E-state index >= 15 is 0 Å². The number of sulfonamides is 1. The van der Waals surface area contributed by atoms with Crippen molar-refractivity contribution in [2.24, 2.45) is 0 Å². The fourth-order valence-electron chi connectivity index (χ4n) is 3.53. The van der Waals surface area contributed by atoms with Crippen LogP contribution >= 0.6 is 23.2 Å². The van der Waals surface area contributed by atoms with Crippen LogP contribution in [0.25, 0.3) is 0 Å². The molecule has 2 aromatic rings. The van der Waals surface area contributed by atoms with Crippen molar-refractivity contribution in [1.29, 1.82) is 0 Å². The van der Waals surface area contributed by atoms with Crippen molar-refractivity contribution in [3.8, 4) is 0 Å². The van der Waals surface area contributed by atoms with E-state index in [2.05, 4.69) is 5.32 Å². The molecule has 0 aliphatic carbocycles. The monoisotopic (exact) mass is 527 g/mol. The summed E-state index contributed by atoms with van der Waals surface area (Å²) in [6.45, 7) is 4.00. The molecule has 2 rings (SSSR count). The highest BCUT2D eigenvalue weighted by molar-refractivity contribution is 7.92. The van der Waals surface area contributed by atoms with Crippen molar-refractivity contribution in [3.63, 3.8) is 0 Å². The van der Waals surface area contributed by atoms with Crippen molar-refractivity contribution >= 4 is 50.7 Å². The van der Waals surface area contributed by atoms with Gasteiger partial charge in [-0.2, -0.15) is 0 Å². The number of amides is 2. The van der Waals surface area contributed by atoms with E-state index in [1.54, 1.807) is 0 Å². The molecule has 0 spiro atoms. The highest BCUT2D eigenvalue weighted by atomic mass is 35.5. The maximum absolute atomic E-state index is 13.5. The number of rotatable bonds is 12. The van der Waals surface area contributed by atoms with Gasteiger partial charge in [0.25, 0.3) is 0 Å². The van der Waals surface area contributed by atoms with Crippen molar-refractivity contribution < 1.29 is 18.0 Å². The Labute approximate surface area is 212 Å². The van der Waals surface area contributed by atoms with Crippen LogP contribution in [0.3, 0.4) is 0 Å². The van der Waals surface area contributed by atoms with Gasteiger partial charge in [0.2, 0.25) is 21.8 Å². The molecule has 0 heterocycles. The van der Waals surface area contributed by atoms with Crippen LogP contribution in [0.5, 0.6) is 0 Å². The Morgan fingerprint density at radius 1 is 1.06 bits per heavy atom. The Balaban J connectivity index is 2.38. The van der Waals surface area contributed by atoms with Crippen LogP contribution in [0.2, 0.25) is 10.0 Å². The molecule has 2 aromatic carbocycles. The first-order chi connectivity index (χ1) is 16.1. The van der Waals surface area contributed by atoms with Gasteiger partial charge in [0, 0.05) is 18.1 Å². The lowest BCUT2D eigenvalue weighted by atomic mass is 10.1. The number of halogens is 2. The number of hydrogen-bond acceptors (Lipinski definition) is 4. The van der Waals surface area contributed by atoms with E-state index in [1.807, 2.05) is 44.2 Å². The first-order valence-electron chi connectivity index (χ1n) is 11.1. The number of carbonyl (C=O) groups is 2. The maximum atomic E-state index is 13.5. The van der Waals surface area contributed by atoms with Crippen molar-refractivity contribution in [2.75, 3.05) is 30.2 Å². The van der Waals surface area contributed by atoms with Gasteiger partial charge in [-0.3, -0.25) is 13.9 Å². The predicted octanol–water partition coefficient (Wildman–Crippen LogP) is 4.14. The Morgan fingerprint density at radius 2 is 1.74 bits per heavy atom. The summed E-state index contributed by atoms with van der Waals surface area (Å²) < 4.78 is 26.2. The summed E-state index contributed by atoms with van der Waals surface area (Å²) in [5.74, 6) is -0.770. The van der Waals surface area contributed by atoms with E-state index < -0.39 is 28.5 Å². The molecule has 0 aliphatic heterocycles. The van der Waals surface area contributed by atoms with Gasteiger partial charge in [0.15, 0.2) is 0 Å². The Hall–Kier alpha value is -2.29. The Morgan fingerprint density at radius 3 is 2.32 bits per heavy atom. The van der Waals surface area contributed by atoms with E-state index in [4.69, 9.17) is 23.2 Å². The molecule has 2 amide bonds. The second-order valence-corrected chi connectivity index (χ2v) is 10.7. The molecule has 0 radical (unpaired) electrons. The summed E-state index contributed by atoms with van der Waals surface area (Å²) in [4.78, 5) is 27.9. The van der Waals surface area contributed by atoms with Gasteiger partial charge in [0.1, 0.15) is 12.6 Å². The van der Waals surface area contributed by atoms with Crippen LogP contribution < -0.4 is 9.62 Å². The van der Waals surface area contributed by atoms with Gasteiger partial charge in [-0.25, -0.2) is 8.42 Å². The van der Waals surface area contributed by atoms with Crippen LogP contribution in [0.15, 0.2) is 48.5 Å². The van der Waals surface area contributed by atoms with Crippen LogP contribution in [-0.4, -0.2) is 57.1 Å². The molecule has 34 heavy (non-hydrogen) atoms. The van der Waals surface area contributed by atoms with Crippen LogP contribution in [-0.2, 0) is 26.0 Å². The smallest absolute Gasteiger partial charge is 0.244 e. The fraction of sp³-hybridized carbons (Fsp3) is 0.417. The Kier molecular flexibility index (Phi) is 10.7. The first kappa shape index (κ1) is 28.0. The number of benzene rings is 2. The summed E-state index contributed by atoms with van der Waals surface area (Å²) in [7, 11) is -3.88. The normalized spacial score (nSPS) is 12.1. The van der Waals surface area contributed by atoms with Gasteiger partial charge in [-0.05, 0) is 43.0 Å². The third-order valence-corrected chi connectivity index (χ3v) is 6.96. The second-order valence-electron chi connectivity index (χ2n) is 7.90. The SMILES string of the molecule is CCCNC(=O)[C@@H](CC)N(CCc1ccccc1)C(=O)CN(c1cc(Cl)ccc1Cl)S(C)(=O)=O. The van der Waals surface area contributed by atoms with E-state index in [0.717, 1.165) is 22.5 Å². The molecule has 0 saturated heterocycles. The third-order valence-electron chi connectivity index (χ3n) is 5.28. The number of nitrogens with zero attached hydrogens (tertiary/aromatic N) is 2. The molecule has 1 atom stereocenters. The van der Waals surface area contributed by atoms with Crippen molar-refractivity contribution in [1.82, 2.24) is 10.2 Å². The van der Waals surface area contributed by atoms with Gasteiger partial charge in [-0.1, -0.05) is 67.4 Å². The largest absolute Gasteiger partial charge is 0.354 e. The lowest BCUT2D eigenvalue weighted by molar-refractivity contribution is -0.139.